The second-order valence-corrected chi connectivity index (χ2v) is 9.73. The normalized spacial score (nSPS) is 10.6. The summed E-state index contributed by atoms with van der Waals surface area (Å²) in [5, 5.41) is 7.47. The molecular weight excluding hydrogens is 605 g/mol. The van der Waals surface area contributed by atoms with Crippen LogP contribution in [0.3, 0.4) is 0 Å². The molecule has 4 rings (SSSR count). The van der Waals surface area contributed by atoms with Gasteiger partial charge in [-0.3, -0.25) is 9.59 Å². The summed E-state index contributed by atoms with van der Waals surface area (Å²) in [6, 6.07) is 22.8. The van der Waals surface area contributed by atoms with E-state index in [4.69, 9.17) is 44.3 Å². The van der Waals surface area contributed by atoms with Gasteiger partial charge in [-0.05, 0) is 72.8 Å². The Bertz CT molecular complexity index is 1660. The molecule has 0 aromatic heterocycles. The van der Waals surface area contributed by atoms with Crippen molar-refractivity contribution >= 4 is 64.8 Å². The van der Waals surface area contributed by atoms with Crippen LogP contribution >= 0.6 is 34.8 Å². The first kappa shape index (κ1) is 30.3. The van der Waals surface area contributed by atoms with Gasteiger partial charge in [-0.2, -0.15) is 5.10 Å². The average Bonchev–Trinajstić information content (AvgIpc) is 2.98. The third-order valence-corrected chi connectivity index (χ3v) is 6.31. The molecule has 0 spiro atoms. The largest absolute Gasteiger partial charge is 0.423 e. The maximum Gasteiger partial charge on any atom is 0.343 e. The quantitative estimate of drug-likeness (QED) is 0.102. The molecular formula is C30H20Cl3N3O6. The molecule has 0 unspecified atom stereocenters. The lowest BCUT2D eigenvalue weighted by atomic mass is 10.2. The van der Waals surface area contributed by atoms with E-state index in [1.54, 1.807) is 30.3 Å². The fraction of sp³-hybridized carbons (Fsp3) is 0.0333. The van der Waals surface area contributed by atoms with Crippen LogP contribution in [-0.4, -0.2) is 36.5 Å². The minimum Gasteiger partial charge on any atom is -0.423 e. The predicted octanol–water partition coefficient (Wildman–Crippen LogP) is 5.97. The molecule has 212 valence electrons. The molecule has 4 aromatic rings. The molecule has 9 nitrogen and oxygen atoms in total. The Morgan fingerprint density at radius 2 is 1.33 bits per heavy atom. The number of carbonyl (C=O) groups excluding carboxylic acids is 4. The van der Waals surface area contributed by atoms with Crippen LogP contribution in [0.4, 0.5) is 0 Å². The Hall–Kier alpha value is -4.70. The zero-order valence-electron chi connectivity index (χ0n) is 21.5. The third kappa shape index (κ3) is 8.40. The lowest BCUT2D eigenvalue weighted by Crippen LogP contribution is -2.35. The van der Waals surface area contributed by atoms with E-state index in [1.165, 1.54) is 66.9 Å². The number of carbonyl (C=O) groups is 4. The predicted molar refractivity (Wildman–Crippen MR) is 159 cm³/mol. The number of ether oxygens (including phenoxy) is 2. The number of esters is 2. The van der Waals surface area contributed by atoms with E-state index in [2.05, 4.69) is 15.8 Å². The highest BCUT2D eigenvalue weighted by atomic mass is 35.5. The number of nitrogens with one attached hydrogen (secondary N) is 2. The van der Waals surface area contributed by atoms with E-state index in [0.29, 0.717) is 10.0 Å². The standard InChI is InChI=1S/C30H20Cl3N3O6/c31-21-10-5-18(6-11-21)29(39)41-23-14-9-20(26(15-23)42-30(40)19-7-12-22(32)13-8-19)16-35-36-27(37)17-34-28(38)24-3-1-2-4-25(24)33/h1-16H,17H2,(H,34,38)(H,36,37)/b35-16-. The summed E-state index contributed by atoms with van der Waals surface area (Å²) in [5.74, 6) is -2.46. The van der Waals surface area contributed by atoms with Crippen molar-refractivity contribution in [2.75, 3.05) is 6.54 Å². The molecule has 12 heteroatoms. The van der Waals surface area contributed by atoms with Gasteiger partial charge in [-0.1, -0.05) is 46.9 Å². The number of amides is 2. The number of halogens is 3. The van der Waals surface area contributed by atoms with E-state index in [9.17, 15) is 19.2 Å². The molecule has 0 radical (unpaired) electrons. The summed E-state index contributed by atoms with van der Waals surface area (Å²) < 4.78 is 11.0. The molecule has 2 N–H and O–H groups in total. The topological polar surface area (TPSA) is 123 Å². The van der Waals surface area contributed by atoms with Gasteiger partial charge in [0.25, 0.3) is 11.8 Å². The van der Waals surface area contributed by atoms with Crippen molar-refractivity contribution < 1.29 is 28.7 Å². The highest BCUT2D eigenvalue weighted by Crippen LogP contribution is 2.26. The van der Waals surface area contributed by atoms with Crippen LogP contribution in [0.5, 0.6) is 11.5 Å². The van der Waals surface area contributed by atoms with Gasteiger partial charge in [0.05, 0.1) is 34.5 Å². The zero-order chi connectivity index (χ0) is 30.1. The zero-order valence-corrected chi connectivity index (χ0v) is 23.7. The second-order valence-electron chi connectivity index (χ2n) is 8.45. The SMILES string of the molecule is O=C(CNC(=O)c1ccccc1Cl)N/N=C\c1ccc(OC(=O)c2ccc(Cl)cc2)cc1OC(=O)c1ccc(Cl)cc1. The molecule has 42 heavy (non-hydrogen) atoms. The maximum absolute atomic E-state index is 12.8. The van der Waals surface area contributed by atoms with E-state index in [1.807, 2.05) is 0 Å². The van der Waals surface area contributed by atoms with Crippen LogP contribution in [0, 0.1) is 0 Å². The summed E-state index contributed by atoms with van der Waals surface area (Å²) in [6.45, 7) is -0.376. The molecule has 0 fully saturated rings. The van der Waals surface area contributed by atoms with Gasteiger partial charge >= 0.3 is 11.9 Å². The van der Waals surface area contributed by atoms with Crippen molar-refractivity contribution in [1.82, 2.24) is 10.7 Å². The lowest BCUT2D eigenvalue weighted by molar-refractivity contribution is -0.120. The minimum absolute atomic E-state index is 0.0126. The van der Waals surface area contributed by atoms with Gasteiger partial charge in [0.15, 0.2) is 0 Å². The monoisotopic (exact) mass is 623 g/mol. The molecule has 0 aliphatic carbocycles. The van der Waals surface area contributed by atoms with Crippen LogP contribution in [0.15, 0.2) is 96.1 Å². The number of nitrogens with zero attached hydrogens (tertiary/aromatic N) is 1. The smallest absolute Gasteiger partial charge is 0.343 e. The Labute approximate surface area is 255 Å². The molecule has 0 heterocycles. The summed E-state index contributed by atoms with van der Waals surface area (Å²) >= 11 is 17.8. The molecule has 0 bridgehead atoms. The molecule has 0 saturated heterocycles. The number of benzene rings is 4. The fourth-order valence-corrected chi connectivity index (χ4v) is 3.86. The molecule has 0 aliphatic rings. The first-order valence-electron chi connectivity index (χ1n) is 12.1. The Kier molecular flexibility index (Phi) is 10.3. The van der Waals surface area contributed by atoms with Crippen LogP contribution in [0.25, 0.3) is 0 Å². The first-order chi connectivity index (χ1) is 20.2. The van der Waals surface area contributed by atoms with Gasteiger partial charge in [-0.15, -0.1) is 0 Å². The number of hydrazone groups is 1. The second kappa shape index (κ2) is 14.3. The Morgan fingerprint density at radius 1 is 0.738 bits per heavy atom. The average molecular weight is 625 g/mol. The van der Waals surface area contributed by atoms with E-state index in [-0.39, 0.29) is 45.3 Å². The van der Waals surface area contributed by atoms with Gasteiger partial charge in [-0.25, -0.2) is 15.0 Å². The van der Waals surface area contributed by atoms with Gasteiger partial charge in [0, 0.05) is 21.7 Å². The van der Waals surface area contributed by atoms with Crippen molar-refractivity contribution in [1.29, 1.82) is 0 Å². The van der Waals surface area contributed by atoms with E-state index < -0.39 is 23.8 Å². The Balaban J connectivity index is 1.47. The van der Waals surface area contributed by atoms with E-state index in [0.717, 1.165) is 0 Å². The van der Waals surface area contributed by atoms with Crippen LogP contribution in [-0.2, 0) is 4.79 Å². The number of hydrogen-bond acceptors (Lipinski definition) is 7. The highest BCUT2D eigenvalue weighted by molar-refractivity contribution is 6.33. The highest BCUT2D eigenvalue weighted by Gasteiger charge is 2.16. The van der Waals surface area contributed by atoms with Crippen LogP contribution < -0.4 is 20.2 Å². The van der Waals surface area contributed by atoms with Crippen molar-refractivity contribution in [3.8, 4) is 11.5 Å². The van der Waals surface area contributed by atoms with Crippen molar-refractivity contribution in [2.24, 2.45) is 5.10 Å². The molecule has 0 aliphatic heterocycles. The van der Waals surface area contributed by atoms with Crippen LogP contribution in [0.1, 0.15) is 36.6 Å². The lowest BCUT2D eigenvalue weighted by Gasteiger charge is -2.11. The van der Waals surface area contributed by atoms with Gasteiger partial charge in [0.1, 0.15) is 11.5 Å². The number of rotatable bonds is 9. The minimum atomic E-state index is -0.714. The fourth-order valence-electron chi connectivity index (χ4n) is 3.38. The first-order valence-corrected chi connectivity index (χ1v) is 13.3. The third-order valence-electron chi connectivity index (χ3n) is 5.48. The molecule has 0 atom stereocenters. The molecule has 4 aromatic carbocycles. The van der Waals surface area contributed by atoms with E-state index >= 15 is 0 Å². The summed E-state index contributed by atoms with van der Waals surface area (Å²) in [5.41, 5.74) is 3.24. The van der Waals surface area contributed by atoms with Crippen molar-refractivity contribution in [2.45, 2.75) is 0 Å². The van der Waals surface area contributed by atoms with Gasteiger partial charge < -0.3 is 14.8 Å². The maximum atomic E-state index is 12.8. The van der Waals surface area contributed by atoms with Crippen molar-refractivity contribution in [3.63, 3.8) is 0 Å². The molecule has 2 amide bonds. The summed E-state index contributed by atoms with van der Waals surface area (Å²) in [6.07, 6.45) is 1.23. The summed E-state index contributed by atoms with van der Waals surface area (Å²) in [4.78, 5) is 49.8. The Morgan fingerprint density at radius 3 is 1.95 bits per heavy atom. The summed E-state index contributed by atoms with van der Waals surface area (Å²) in [7, 11) is 0. The van der Waals surface area contributed by atoms with Gasteiger partial charge in [0.2, 0.25) is 0 Å². The number of hydrogen-bond donors (Lipinski definition) is 2. The molecule has 0 saturated carbocycles. The van der Waals surface area contributed by atoms with Crippen molar-refractivity contribution in [3.05, 3.63) is 128 Å². The van der Waals surface area contributed by atoms with Crippen LogP contribution in [0.2, 0.25) is 15.1 Å².